The molecule has 0 fully saturated rings. The molecule has 0 heterocycles. The molecule has 2 atom stereocenters. The maximum absolute atomic E-state index is 6.23. The molecule has 2 unspecified atom stereocenters. The van der Waals surface area contributed by atoms with Crippen molar-refractivity contribution in [2.45, 2.75) is 32.7 Å². The summed E-state index contributed by atoms with van der Waals surface area (Å²) < 4.78 is 0. The lowest BCUT2D eigenvalue weighted by molar-refractivity contribution is 0.351. The highest BCUT2D eigenvalue weighted by Gasteiger charge is 2.17. The van der Waals surface area contributed by atoms with E-state index in [1.165, 1.54) is 5.56 Å². The van der Waals surface area contributed by atoms with E-state index in [-0.39, 0.29) is 6.04 Å². The van der Waals surface area contributed by atoms with Gasteiger partial charge in [0.25, 0.3) is 0 Å². The minimum atomic E-state index is 0.176. The quantitative estimate of drug-likeness (QED) is 0.772. The van der Waals surface area contributed by atoms with Crippen LogP contribution >= 0.6 is 0 Å². The molecule has 0 aromatic heterocycles. The Bertz CT molecular complexity index is 282. The molecule has 90 valence electrons. The van der Waals surface area contributed by atoms with Gasteiger partial charge in [0.2, 0.25) is 0 Å². The summed E-state index contributed by atoms with van der Waals surface area (Å²) in [5.41, 5.74) is 13.3. The van der Waals surface area contributed by atoms with Crippen LogP contribution in [0.1, 0.15) is 25.8 Å². The zero-order valence-electron chi connectivity index (χ0n) is 10.4. The fourth-order valence-electron chi connectivity index (χ4n) is 2.10. The molecule has 0 amide bonds. The van der Waals surface area contributed by atoms with Crippen molar-refractivity contribution in [3.63, 3.8) is 0 Å². The van der Waals surface area contributed by atoms with Gasteiger partial charge >= 0.3 is 0 Å². The molecule has 16 heavy (non-hydrogen) atoms. The van der Waals surface area contributed by atoms with E-state index >= 15 is 0 Å². The SMILES string of the molecule is CC(C)CC(CN)C(N)Cc1ccccc1. The first-order chi connectivity index (χ1) is 7.63. The van der Waals surface area contributed by atoms with Crippen molar-refractivity contribution in [2.75, 3.05) is 6.54 Å². The van der Waals surface area contributed by atoms with Crippen molar-refractivity contribution in [2.24, 2.45) is 23.3 Å². The van der Waals surface area contributed by atoms with Gasteiger partial charge in [0.05, 0.1) is 0 Å². The van der Waals surface area contributed by atoms with Crippen molar-refractivity contribution >= 4 is 0 Å². The molecule has 4 N–H and O–H groups in total. The highest BCUT2D eigenvalue weighted by molar-refractivity contribution is 5.16. The monoisotopic (exact) mass is 220 g/mol. The van der Waals surface area contributed by atoms with Crippen molar-refractivity contribution in [1.29, 1.82) is 0 Å². The molecule has 0 radical (unpaired) electrons. The van der Waals surface area contributed by atoms with E-state index in [9.17, 15) is 0 Å². The molecule has 0 aliphatic rings. The van der Waals surface area contributed by atoms with Crippen LogP contribution < -0.4 is 11.5 Å². The maximum Gasteiger partial charge on any atom is 0.0120 e. The van der Waals surface area contributed by atoms with Crippen LogP contribution in [0.25, 0.3) is 0 Å². The van der Waals surface area contributed by atoms with Gasteiger partial charge < -0.3 is 11.5 Å². The predicted octanol–water partition coefficient (Wildman–Crippen LogP) is 2.18. The minimum Gasteiger partial charge on any atom is -0.330 e. The van der Waals surface area contributed by atoms with Gasteiger partial charge in [-0.2, -0.15) is 0 Å². The van der Waals surface area contributed by atoms with Gasteiger partial charge in [0.1, 0.15) is 0 Å². The zero-order valence-corrected chi connectivity index (χ0v) is 10.4. The van der Waals surface area contributed by atoms with Crippen LogP contribution in [0.3, 0.4) is 0 Å². The molecule has 1 aromatic carbocycles. The lowest BCUT2D eigenvalue weighted by atomic mass is 9.87. The van der Waals surface area contributed by atoms with E-state index in [2.05, 4.69) is 38.1 Å². The summed E-state index contributed by atoms with van der Waals surface area (Å²) in [4.78, 5) is 0. The van der Waals surface area contributed by atoms with E-state index in [0.717, 1.165) is 12.8 Å². The van der Waals surface area contributed by atoms with Gasteiger partial charge in [-0.1, -0.05) is 44.2 Å². The maximum atomic E-state index is 6.23. The van der Waals surface area contributed by atoms with Crippen molar-refractivity contribution in [3.05, 3.63) is 35.9 Å². The standard InChI is InChI=1S/C14H24N2/c1-11(2)8-13(10-15)14(16)9-12-6-4-3-5-7-12/h3-7,11,13-14H,8-10,15-16H2,1-2H3. The van der Waals surface area contributed by atoms with Gasteiger partial charge in [-0.05, 0) is 36.8 Å². The smallest absolute Gasteiger partial charge is 0.0120 e. The van der Waals surface area contributed by atoms with E-state index in [1.54, 1.807) is 0 Å². The first-order valence-electron chi connectivity index (χ1n) is 6.13. The Balaban J connectivity index is 2.52. The second-order valence-corrected chi connectivity index (χ2v) is 4.98. The van der Waals surface area contributed by atoms with Gasteiger partial charge in [-0.15, -0.1) is 0 Å². The largest absolute Gasteiger partial charge is 0.330 e. The zero-order chi connectivity index (χ0) is 12.0. The fraction of sp³-hybridized carbons (Fsp3) is 0.571. The van der Waals surface area contributed by atoms with Crippen molar-refractivity contribution < 1.29 is 0 Å². The molecule has 1 rings (SSSR count). The summed E-state index contributed by atoms with van der Waals surface area (Å²) in [5, 5.41) is 0. The number of nitrogens with two attached hydrogens (primary N) is 2. The summed E-state index contributed by atoms with van der Waals surface area (Å²) in [7, 11) is 0. The van der Waals surface area contributed by atoms with Crippen LogP contribution in [0.5, 0.6) is 0 Å². The molecule has 2 nitrogen and oxygen atoms in total. The normalized spacial score (nSPS) is 15.1. The number of benzene rings is 1. The number of hydrogen-bond acceptors (Lipinski definition) is 2. The third kappa shape index (κ3) is 4.33. The van der Waals surface area contributed by atoms with Gasteiger partial charge in [-0.25, -0.2) is 0 Å². The fourth-order valence-corrected chi connectivity index (χ4v) is 2.10. The first-order valence-corrected chi connectivity index (χ1v) is 6.13. The Hall–Kier alpha value is -0.860. The Kier molecular flexibility index (Phi) is 5.50. The Labute approximate surface area is 99.0 Å². The van der Waals surface area contributed by atoms with Crippen LogP contribution in [0, 0.1) is 11.8 Å². The van der Waals surface area contributed by atoms with Crippen LogP contribution in [0.2, 0.25) is 0 Å². The van der Waals surface area contributed by atoms with Gasteiger partial charge in [0, 0.05) is 6.04 Å². The van der Waals surface area contributed by atoms with E-state index in [4.69, 9.17) is 11.5 Å². The summed E-state index contributed by atoms with van der Waals surface area (Å²) in [6.45, 7) is 5.13. The molecule has 0 aliphatic heterocycles. The molecule has 0 saturated carbocycles. The molecular formula is C14H24N2. The third-order valence-corrected chi connectivity index (χ3v) is 3.00. The third-order valence-electron chi connectivity index (χ3n) is 3.00. The summed E-state index contributed by atoms with van der Waals surface area (Å²) >= 11 is 0. The Morgan fingerprint density at radius 1 is 1.12 bits per heavy atom. The molecule has 0 bridgehead atoms. The highest BCUT2D eigenvalue weighted by Crippen LogP contribution is 2.16. The molecule has 2 heteroatoms. The average Bonchev–Trinajstić information content (AvgIpc) is 2.26. The van der Waals surface area contributed by atoms with Crippen molar-refractivity contribution in [3.8, 4) is 0 Å². The van der Waals surface area contributed by atoms with Crippen LogP contribution in [0.4, 0.5) is 0 Å². The highest BCUT2D eigenvalue weighted by atomic mass is 14.7. The first kappa shape index (κ1) is 13.2. The second kappa shape index (κ2) is 6.66. The molecular weight excluding hydrogens is 196 g/mol. The molecule has 0 aliphatic carbocycles. The van der Waals surface area contributed by atoms with E-state index in [0.29, 0.717) is 18.4 Å². The Morgan fingerprint density at radius 3 is 2.25 bits per heavy atom. The number of rotatable bonds is 6. The number of hydrogen-bond donors (Lipinski definition) is 2. The van der Waals surface area contributed by atoms with Crippen LogP contribution in [-0.2, 0) is 6.42 Å². The topological polar surface area (TPSA) is 52.0 Å². The van der Waals surface area contributed by atoms with Crippen LogP contribution in [0.15, 0.2) is 30.3 Å². The average molecular weight is 220 g/mol. The van der Waals surface area contributed by atoms with Crippen molar-refractivity contribution in [1.82, 2.24) is 0 Å². The van der Waals surface area contributed by atoms with Gasteiger partial charge in [-0.3, -0.25) is 0 Å². The predicted molar refractivity (Wildman–Crippen MR) is 70.1 cm³/mol. The van der Waals surface area contributed by atoms with E-state index in [1.807, 2.05) is 6.07 Å². The molecule has 0 saturated heterocycles. The molecule has 0 spiro atoms. The van der Waals surface area contributed by atoms with Crippen LogP contribution in [-0.4, -0.2) is 12.6 Å². The van der Waals surface area contributed by atoms with Gasteiger partial charge in [0.15, 0.2) is 0 Å². The minimum absolute atomic E-state index is 0.176. The summed E-state index contributed by atoms with van der Waals surface area (Å²) in [6.07, 6.45) is 2.04. The Morgan fingerprint density at radius 2 is 1.75 bits per heavy atom. The summed E-state index contributed by atoms with van der Waals surface area (Å²) in [5.74, 6) is 1.09. The lowest BCUT2D eigenvalue weighted by Gasteiger charge is -2.24. The molecule has 1 aromatic rings. The lowest BCUT2D eigenvalue weighted by Crippen LogP contribution is -2.37. The van der Waals surface area contributed by atoms with E-state index < -0.39 is 0 Å². The second-order valence-electron chi connectivity index (χ2n) is 4.98. The summed E-state index contributed by atoms with van der Waals surface area (Å²) in [6, 6.07) is 10.6.